The summed E-state index contributed by atoms with van der Waals surface area (Å²) in [7, 11) is -1.51. The Morgan fingerprint density at radius 3 is 2.75 bits per heavy atom. The molecule has 0 heterocycles. The highest BCUT2D eigenvalue weighted by Gasteiger charge is 2.10. The van der Waals surface area contributed by atoms with Crippen LogP contribution in [0.3, 0.4) is 0 Å². The highest BCUT2D eigenvalue weighted by molar-refractivity contribution is 6.58. The predicted molar refractivity (Wildman–Crippen MR) is 44.7 cm³/mol. The molecule has 0 atom stereocenters. The average Bonchev–Trinajstić information content (AvgIpc) is 2.05. The van der Waals surface area contributed by atoms with E-state index in [0.29, 0.717) is 6.42 Å². The molecule has 0 radical (unpaired) electrons. The van der Waals surface area contributed by atoms with Crippen LogP contribution in [0.15, 0.2) is 12.1 Å². The normalized spacial score (nSPS) is 9.25. The summed E-state index contributed by atoms with van der Waals surface area (Å²) < 4.78 is 0. The van der Waals surface area contributed by atoms with Crippen molar-refractivity contribution in [3.05, 3.63) is 29.8 Å². The summed E-state index contributed by atoms with van der Waals surface area (Å²) in [5.74, 6) is 0. The van der Waals surface area contributed by atoms with E-state index in [1.807, 2.05) is 0 Å². The molecular weight excluding hydrogens is 155 g/mol. The van der Waals surface area contributed by atoms with Gasteiger partial charge in [-0.15, -0.1) is 0 Å². The zero-order valence-electron chi connectivity index (χ0n) is 6.49. The summed E-state index contributed by atoms with van der Waals surface area (Å²) in [6.07, 6.45) is 0.491. The van der Waals surface area contributed by atoms with E-state index in [4.69, 9.17) is 15.2 Å². The van der Waals surface area contributed by atoms with Crippen LogP contribution < -0.4 is 5.46 Å². The monoisotopic (exact) mass is 164 g/mol. The van der Waals surface area contributed by atoms with Crippen molar-refractivity contribution in [1.82, 2.24) is 0 Å². The van der Waals surface area contributed by atoms with Gasteiger partial charge < -0.3 is 15.2 Å². The van der Waals surface area contributed by atoms with Gasteiger partial charge in [0.15, 0.2) is 0 Å². The Morgan fingerprint density at radius 2 is 2.17 bits per heavy atom. The van der Waals surface area contributed by atoms with Crippen LogP contribution in [0.5, 0.6) is 0 Å². The van der Waals surface area contributed by atoms with Gasteiger partial charge in [-0.05, 0) is 18.1 Å². The fourth-order valence-corrected chi connectivity index (χ4v) is 0.902. The maximum atomic E-state index is 8.76. The average molecular weight is 164 g/mol. The van der Waals surface area contributed by atoms with Crippen LogP contribution in [0.2, 0.25) is 0 Å². The highest BCUT2D eigenvalue weighted by atomic mass is 16.4. The van der Waals surface area contributed by atoms with E-state index in [9.17, 15) is 0 Å². The van der Waals surface area contributed by atoms with E-state index in [1.165, 1.54) is 0 Å². The van der Waals surface area contributed by atoms with Gasteiger partial charge in [-0.25, -0.2) is 0 Å². The topological polar surface area (TPSA) is 60.7 Å². The van der Waals surface area contributed by atoms with Gasteiger partial charge in [0.1, 0.15) is 0 Å². The third-order valence-electron chi connectivity index (χ3n) is 1.49. The molecule has 0 aliphatic carbocycles. The molecule has 0 unspecified atom stereocenters. The van der Waals surface area contributed by atoms with Crippen LogP contribution in [-0.2, 0) is 6.42 Å². The number of hydrogen-bond donors (Lipinski definition) is 3. The SMILES string of the molecule is OCCc1cc#cc(B(O)O)c1. The van der Waals surface area contributed by atoms with Crippen LogP contribution in [0.4, 0.5) is 0 Å². The summed E-state index contributed by atoms with van der Waals surface area (Å²) in [5.41, 5.74) is 1.10. The molecule has 12 heavy (non-hydrogen) atoms. The number of aliphatic hydroxyl groups is 1. The number of aliphatic hydroxyl groups excluding tert-OH is 1. The molecule has 1 rings (SSSR count). The van der Waals surface area contributed by atoms with Crippen molar-refractivity contribution in [1.29, 1.82) is 0 Å². The zero-order valence-corrected chi connectivity index (χ0v) is 6.49. The van der Waals surface area contributed by atoms with Crippen molar-refractivity contribution < 1.29 is 15.2 Å². The van der Waals surface area contributed by atoms with Crippen LogP contribution >= 0.6 is 0 Å². The van der Waals surface area contributed by atoms with Gasteiger partial charge in [0, 0.05) is 12.1 Å². The fraction of sp³-hybridized carbons (Fsp3) is 0.250. The van der Waals surface area contributed by atoms with Gasteiger partial charge in [0.25, 0.3) is 0 Å². The molecule has 0 amide bonds. The summed E-state index contributed by atoms with van der Waals surface area (Å²) in [6.45, 7) is 0.0405. The van der Waals surface area contributed by atoms with Crippen LogP contribution in [0.1, 0.15) is 5.56 Å². The molecular formula is C8H9BO3. The van der Waals surface area contributed by atoms with Gasteiger partial charge in [-0.2, -0.15) is 0 Å². The summed E-state index contributed by atoms with van der Waals surface area (Å²) in [6, 6.07) is 8.44. The van der Waals surface area contributed by atoms with Gasteiger partial charge in [0.05, 0.1) is 0 Å². The smallest absolute Gasteiger partial charge is 0.423 e. The third kappa shape index (κ3) is 2.24. The minimum absolute atomic E-state index is 0.0405. The maximum Gasteiger partial charge on any atom is 0.497 e. The van der Waals surface area contributed by atoms with Crippen molar-refractivity contribution in [2.24, 2.45) is 0 Å². The molecule has 0 aliphatic rings. The Balaban J connectivity index is 2.81. The Labute approximate surface area is 71.4 Å². The molecule has 0 spiro atoms. The molecule has 3 N–H and O–H groups in total. The van der Waals surface area contributed by atoms with Crippen LogP contribution in [0.25, 0.3) is 0 Å². The predicted octanol–water partition coefficient (Wildman–Crippen LogP) is -1.50. The number of hydrogen-bond acceptors (Lipinski definition) is 3. The van der Waals surface area contributed by atoms with Crippen molar-refractivity contribution in [2.45, 2.75) is 6.42 Å². The highest BCUT2D eigenvalue weighted by Crippen LogP contribution is 1.93. The van der Waals surface area contributed by atoms with E-state index in [-0.39, 0.29) is 12.1 Å². The van der Waals surface area contributed by atoms with E-state index < -0.39 is 7.12 Å². The van der Waals surface area contributed by atoms with E-state index in [2.05, 4.69) is 12.1 Å². The summed E-state index contributed by atoms with van der Waals surface area (Å²) >= 11 is 0. The Hall–Kier alpha value is -1.02. The van der Waals surface area contributed by atoms with E-state index >= 15 is 0 Å². The minimum Gasteiger partial charge on any atom is -0.423 e. The molecule has 0 saturated carbocycles. The summed E-state index contributed by atoms with van der Waals surface area (Å²) in [4.78, 5) is 0. The second-order valence-electron chi connectivity index (χ2n) is 2.44. The molecule has 1 aromatic rings. The van der Waals surface area contributed by atoms with Gasteiger partial charge >= 0.3 is 7.12 Å². The molecule has 62 valence electrons. The quantitative estimate of drug-likeness (QED) is 0.476. The lowest BCUT2D eigenvalue weighted by molar-refractivity contribution is 0.299. The molecule has 0 aromatic heterocycles. The Bertz CT molecular complexity index is 250. The minimum atomic E-state index is -1.51. The maximum absolute atomic E-state index is 8.76. The zero-order chi connectivity index (χ0) is 8.97. The molecule has 3 nitrogen and oxygen atoms in total. The van der Waals surface area contributed by atoms with Crippen molar-refractivity contribution >= 4 is 12.6 Å². The lowest BCUT2D eigenvalue weighted by Gasteiger charge is -1.98. The first-order valence-corrected chi connectivity index (χ1v) is 3.63. The molecule has 0 fully saturated rings. The second-order valence-corrected chi connectivity index (χ2v) is 2.44. The standard InChI is InChI=1S/C8H9BO3/c10-5-4-7-2-1-3-8(6-7)9(11)12/h2,6,10-12H,4-5H2. The third-order valence-corrected chi connectivity index (χ3v) is 1.49. The van der Waals surface area contributed by atoms with Gasteiger partial charge in [-0.1, -0.05) is 18.2 Å². The first kappa shape index (κ1) is 9.08. The number of rotatable bonds is 3. The first-order chi connectivity index (χ1) is 5.74. The van der Waals surface area contributed by atoms with Crippen LogP contribution in [0, 0.1) is 12.1 Å². The van der Waals surface area contributed by atoms with Crippen molar-refractivity contribution in [3.8, 4) is 0 Å². The van der Waals surface area contributed by atoms with Crippen molar-refractivity contribution in [2.75, 3.05) is 6.61 Å². The fourth-order valence-electron chi connectivity index (χ4n) is 0.902. The van der Waals surface area contributed by atoms with E-state index in [1.54, 1.807) is 12.1 Å². The Kier molecular flexibility index (Phi) is 3.12. The largest absolute Gasteiger partial charge is 0.497 e. The lowest BCUT2D eigenvalue weighted by Crippen LogP contribution is -2.29. The van der Waals surface area contributed by atoms with Gasteiger partial charge in [0.2, 0.25) is 0 Å². The summed E-state index contributed by atoms with van der Waals surface area (Å²) in [5, 5.41) is 26.1. The van der Waals surface area contributed by atoms with Crippen molar-refractivity contribution in [3.63, 3.8) is 0 Å². The second kappa shape index (κ2) is 4.12. The van der Waals surface area contributed by atoms with Crippen LogP contribution in [-0.4, -0.2) is 28.9 Å². The molecule has 1 aromatic carbocycles. The molecule has 0 bridgehead atoms. The Morgan fingerprint density at radius 1 is 1.42 bits per heavy atom. The van der Waals surface area contributed by atoms with Gasteiger partial charge in [-0.3, -0.25) is 0 Å². The first-order valence-electron chi connectivity index (χ1n) is 3.63. The lowest BCUT2D eigenvalue weighted by atomic mass is 9.80. The molecule has 0 saturated heterocycles. The molecule has 4 heteroatoms. The van der Waals surface area contributed by atoms with E-state index in [0.717, 1.165) is 5.56 Å². The molecule has 0 aliphatic heterocycles.